The molecular formula is C15H14F3NOS. The van der Waals surface area contributed by atoms with Crippen LogP contribution in [0.2, 0.25) is 0 Å². The van der Waals surface area contributed by atoms with Crippen molar-refractivity contribution in [3.8, 4) is 5.75 Å². The highest BCUT2D eigenvalue weighted by atomic mass is 32.2. The fourth-order valence-electron chi connectivity index (χ4n) is 1.84. The minimum atomic E-state index is -4.40. The molecule has 0 heterocycles. The van der Waals surface area contributed by atoms with Gasteiger partial charge in [-0.05, 0) is 42.0 Å². The largest absolute Gasteiger partial charge is 0.497 e. The van der Waals surface area contributed by atoms with Crippen molar-refractivity contribution in [3.63, 3.8) is 0 Å². The second kappa shape index (κ2) is 6.41. The van der Waals surface area contributed by atoms with Crippen molar-refractivity contribution < 1.29 is 17.9 Å². The SMILES string of the molecule is COc1ccc(Sc2ccc(CN)c(C(F)(F)F)c2)cc1. The zero-order chi connectivity index (χ0) is 15.5. The van der Waals surface area contributed by atoms with E-state index in [2.05, 4.69) is 0 Å². The first-order valence-electron chi connectivity index (χ1n) is 6.16. The smallest absolute Gasteiger partial charge is 0.416 e. The lowest BCUT2D eigenvalue weighted by Crippen LogP contribution is -2.11. The van der Waals surface area contributed by atoms with Crippen LogP contribution in [0.4, 0.5) is 13.2 Å². The molecule has 0 amide bonds. The topological polar surface area (TPSA) is 35.2 Å². The Kier molecular flexibility index (Phi) is 4.80. The predicted molar refractivity (Wildman–Crippen MR) is 76.5 cm³/mol. The predicted octanol–water partition coefficient (Wildman–Crippen LogP) is 4.32. The van der Waals surface area contributed by atoms with Crippen LogP contribution in [0, 0.1) is 0 Å². The Labute approximate surface area is 125 Å². The molecule has 0 radical (unpaired) electrons. The Balaban J connectivity index is 2.27. The fraction of sp³-hybridized carbons (Fsp3) is 0.200. The number of rotatable bonds is 4. The van der Waals surface area contributed by atoms with E-state index in [-0.39, 0.29) is 12.1 Å². The van der Waals surface area contributed by atoms with Gasteiger partial charge in [-0.3, -0.25) is 0 Å². The number of alkyl halides is 3. The van der Waals surface area contributed by atoms with E-state index in [4.69, 9.17) is 10.5 Å². The van der Waals surface area contributed by atoms with Crippen LogP contribution in [0.5, 0.6) is 5.75 Å². The van der Waals surface area contributed by atoms with Crippen LogP contribution in [0.15, 0.2) is 52.3 Å². The minimum Gasteiger partial charge on any atom is -0.497 e. The zero-order valence-electron chi connectivity index (χ0n) is 11.3. The number of hydrogen-bond donors (Lipinski definition) is 1. The average molecular weight is 313 g/mol. The number of nitrogens with two attached hydrogens (primary N) is 1. The van der Waals surface area contributed by atoms with Gasteiger partial charge in [-0.25, -0.2) is 0 Å². The molecule has 0 saturated heterocycles. The molecule has 112 valence electrons. The van der Waals surface area contributed by atoms with Gasteiger partial charge in [0, 0.05) is 16.3 Å². The molecule has 0 aliphatic rings. The molecule has 2 N–H and O–H groups in total. The van der Waals surface area contributed by atoms with Crippen LogP contribution in [-0.2, 0) is 12.7 Å². The Hall–Kier alpha value is -1.66. The first-order chi connectivity index (χ1) is 9.94. The van der Waals surface area contributed by atoms with Gasteiger partial charge in [-0.1, -0.05) is 17.8 Å². The molecule has 0 fully saturated rings. The lowest BCUT2D eigenvalue weighted by atomic mass is 10.1. The molecule has 2 aromatic rings. The van der Waals surface area contributed by atoms with Crippen LogP contribution in [-0.4, -0.2) is 7.11 Å². The molecule has 0 unspecified atom stereocenters. The molecule has 2 aromatic carbocycles. The van der Waals surface area contributed by atoms with Crippen LogP contribution in [0.25, 0.3) is 0 Å². The van der Waals surface area contributed by atoms with Crippen molar-refractivity contribution in [3.05, 3.63) is 53.6 Å². The second-order valence-electron chi connectivity index (χ2n) is 4.30. The first-order valence-corrected chi connectivity index (χ1v) is 6.98. The van der Waals surface area contributed by atoms with Crippen LogP contribution < -0.4 is 10.5 Å². The van der Waals surface area contributed by atoms with Crippen molar-refractivity contribution >= 4 is 11.8 Å². The summed E-state index contributed by atoms with van der Waals surface area (Å²) in [5, 5.41) is 0. The Morgan fingerprint density at radius 1 is 1.05 bits per heavy atom. The van der Waals surface area contributed by atoms with Crippen LogP contribution >= 0.6 is 11.8 Å². The van der Waals surface area contributed by atoms with E-state index in [0.717, 1.165) is 11.0 Å². The fourth-order valence-corrected chi connectivity index (χ4v) is 2.70. The maximum absolute atomic E-state index is 13.0. The maximum atomic E-state index is 13.0. The third kappa shape index (κ3) is 3.92. The van der Waals surface area contributed by atoms with E-state index >= 15 is 0 Å². The van der Waals surface area contributed by atoms with E-state index < -0.39 is 11.7 Å². The molecule has 0 aliphatic carbocycles. The zero-order valence-corrected chi connectivity index (χ0v) is 12.1. The summed E-state index contributed by atoms with van der Waals surface area (Å²) < 4.78 is 44.0. The molecule has 21 heavy (non-hydrogen) atoms. The van der Waals surface area contributed by atoms with E-state index in [0.29, 0.717) is 10.6 Å². The van der Waals surface area contributed by atoms with Gasteiger partial charge < -0.3 is 10.5 Å². The number of hydrogen-bond acceptors (Lipinski definition) is 3. The van der Waals surface area contributed by atoms with Crippen molar-refractivity contribution in [2.75, 3.05) is 7.11 Å². The summed E-state index contributed by atoms with van der Waals surface area (Å²) in [6, 6.07) is 11.3. The van der Waals surface area contributed by atoms with Crippen molar-refractivity contribution in [1.82, 2.24) is 0 Å². The van der Waals surface area contributed by atoms with E-state index in [1.165, 1.54) is 17.8 Å². The second-order valence-corrected chi connectivity index (χ2v) is 5.45. The Morgan fingerprint density at radius 2 is 1.67 bits per heavy atom. The van der Waals surface area contributed by atoms with Crippen molar-refractivity contribution in [2.45, 2.75) is 22.5 Å². The Morgan fingerprint density at radius 3 is 2.19 bits per heavy atom. The number of methoxy groups -OCH3 is 1. The van der Waals surface area contributed by atoms with Crippen molar-refractivity contribution in [1.29, 1.82) is 0 Å². The summed E-state index contributed by atoms with van der Waals surface area (Å²) in [5.41, 5.74) is 4.78. The maximum Gasteiger partial charge on any atom is 0.416 e. The lowest BCUT2D eigenvalue weighted by molar-refractivity contribution is -0.138. The van der Waals surface area contributed by atoms with Crippen LogP contribution in [0.3, 0.4) is 0 Å². The highest BCUT2D eigenvalue weighted by Crippen LogP contribution is 2.36. The van der Waals surface area contributed by atoms with E-state index in [1.807, 2.05) is 0 Å². The highest BCUT2D eigenvalue weighted by Gasteiger charge is 2.33. The molecule has 0 aromatic heterocycles. The minimum absolute atomic E-state index is 0.0987. The standard InChI is InChI=1S/C15H14F3NOS/c1-20-11-3-6-12(7-4-11)21-13-5-2-10(9-19)14(8-13)15(16,17)18/h2-8H,9,19H2,1H3. The molecule has 0 spiro atoms. The third-order valence-corrected chi connectivity index (χ3v) is 3.90. The summed E-state index contributed by atoms with van der Waals surface area (Å²) in [7, 11) is 1.56. The molecule has 0 saturated carbocycles. The summed E-state index contributed by atoms with van der Waals surface area (Å²) in [4.78, 5) is 1.36. The van der Waals surface area contributed by atoms with Gasteiger partial charge in [0.15, 0.2) is 0 Å². The molecule has 2 nitrogen and oxygen atoms in total. The monoisotopic (exact) mass is 313 g/mol. The van der Waals surface area contributed by atoms with E-state index in [1.54, 1.807) is 37.4 Å². The Bertz CT molecular complexity index is 611. The third-order valence-electron chi connectivity index (χ3n) is 2.90. The molecule has 6 heteroatoms. The molecule has 0 aliphatic heterocycles. The average Bonchev–Trinajstić information content (AvgIpc) is 2.47. The number of ether oxygens (including phenoxy) is 1. The molecule has 0 bridgehead atoms. The van der Waals surface area contributed by atoms with Gasteiger partial charge in [-0.2, -0.15) is 13.2 Å². The quantitative estimate of drug-likeness (QED) is 0.913. The van der Waals surface area contributed by atoms with Gasteiger partial charge in [0.2, 0.25) is 0 Å². The summed E-state index contributed by atoms with van der Waals surface area (Å²) >= 11 is 1.26. The van der Waals surface area contributed by atoms with Gasteiger partial charge in [0.05, 0.1) is 12.7 Å². The van der Waals surface area contributed by atoms with Crippen LogP contribution in [0.1, 0.15) is 11.1 Å². The lowest BCUT2D eigenvalue weighted by Gasteiger charge is -2.13. The summed E-state index contributed by atoms with van der Waals surface area (Å²) in [6.45, 7) is -0.137. The first kappa shape index (κ1) is 15.7. The van der Waals surface area contributed by atoms with Gasteiger partial charge in [0.25, 0.3) is 0 Å². The van der Waals surface area contributed by atoms with Gasteiger partial charge in [0.1, 0.15) is 5.75 Å². The summed E-state index contributed by atoms with van der Waals surface area (Å²) in [6.07, 6.45) is -4.40. The number of halogens is 3. The van der Waals surface area contributed by atoms with Gasteiger partial charge >= 0.3 is 6.18 Å². The summed E-state index contributed by atoms with van der Waals surface area (Å²) in [5.74, 6) is 0.703. The highest BCUT2D eigenvalue weighted by molar-refractivity contribution is 7.99. The van der Waals surface area contributed by atoms with Crippen molar-refractivity contribution in [2.24, 2.45) is 5.73 Å². The normalized spacial score (nSPS) is 11.5. The molecule has 2 rings (SSSR count). The molecular weight excluding hydrogens is 299 g/mol. The molecule has 0 atom stereocenters. The van der Waals surface area contributed by atoms with E-state index in [9.17, 15) is 13.2 Å². The number of benzene rings is 2. The van der Waals surface area contributed by atoms with Gasteiger partial charge in [-0.15, -0.1) is 0 Å².